The van der Waals surface area contributed by atoms with E-state index in [-0.39, 0.29) is 16.6 Å². The molecule has 1 fully saturated rings. The van der Waals surface area contributed by atoms with Gasteiger partial charge in [0.05, 0.1) is 25.0 Å². The number of methoxy groups -OCH3 is 1. The summed E-state index contributed by atoms with van der Waals surface area (Å²) < 4.78 is 6.30. The Morgan fingerprint density at radius 2 is 2.33 bits per heavy atom. The van der Waals surface area contributed by atoms with Crippen molar-refractivity contribution < 1.29 is 4.74 Å². The summed E-state index contributed by atoms with van der Waals surface area (Å²) in [6, 6.07) is 0.201. The van der Waals surface area contributed by atoms with Crippen LogP contribution < -0.4 is 16.2 Å². The molecule has 21 heavy (non-hydrogen) atoms. The molecular formula is C14H23ClN4O2. The maximum absolute atomic E-state index is 12.3. The molecule has 0 aromatic carbocycles. The van der Waals surface area contributed by atoms with Crippen molar-refractivity contribution >= 4 is 17.3 Å². The van der Waals surface area contributed by atoms with Crippen LogP contribution in [0.1, 0.15) is 19.8 Å². The molecule has 2 unspecified atom stereocenters. The van der Waals surface area contributed by atoms with Crippen LogP contribution in [-0.4, -0.2) is 42.6 Å². The van der Waals surface area contributed by atoms with Gasteiger partial charge in [0.15, 0.2) is 0 Å². The number of anilines is 1. The highest BCUT2D eigenvalue weighted by Crippen LogP contribution is 2.30. The summed E-state index contributed by atoms with van der Waals surface area (Å²) in [5, 5.41) is 4.42. The van der Waals surface area contributed by atoms with Gasteiger partial charge >= 0.3 is 0 Å². The van der Waals surface area contributed by atoms with Crippen molar-refractivity contribution in [2.75, 3.05) is 31.7 Å². The van der Waals surface area contributed by atoms with E-state index >= 15 is 0 Å². The Hall–Kier alpha value is -1.11. The zero-order valence-corrected chi connectivity index (χ0v) is 13.3. The summed E-state index contributed by atoms with van der Waals surface area (Å²) in [5.41, 5.74) is 6.31. The second kappa shape index (κ2) is 7.24. The molecule has 1 aliphatic heterocycles. The lowest BCUT2D eigenvalue weighted by Crippen LogP contribution is -2.49. The third-order valence-electron chi connectivity index (χ3n) is 4.14. The first-order chi connectivity index (χ1) is 10.1. The summed E-state index contributed by atoms with van der Waals surface area (Å²) in [7, 11) is 1.59. The Bertz CT molecular complexity index is 534. The molecule has 6 nitrogen and oxygen atoms in total. The minimum absolute atomic E-state index is 0.201. The van der Waals surface area contributed by atoms with Crippen molar-refractivity contribution in [3.63, 3.8) is 0 Å². The fourth-order valence-electron chi connectivity index (χ4n) is 2.90. The SMILES string of the molecule is COCCn1ncc(N2CCCC(C)C2CN)c(Cl)c1=O. The van der Waals surface area contributed by atoms with Crippen LogP contribution >= 0.6 is 11.6 Å². The lowest BCUT2D eigenvalue weighted by Gasteiger charge is -2.41. The van der Waals surface area contributed by atoms with Crippen molar-refractivity contribution in [3.8, 4) is 0 Å². The van der Waals surface area contributed by atoms with Gasteiger partial charge in [0, 0.05) is 26.2 Å². The van der Waals surface area contributed by atoms with E-state index in [1.807, 2.05) is 0 Å². The molecule has 1 aromatic rings. The van der Waals surface area contributed by atoms with E-state index < -0.39 is 0 Å². The summed E-state index contributed by atoms with van der Waals surface area (Å²) in [6.07, 6.45) is 3.88. The Morgan fingerprint density at radius 3 is 3.00 bits per heavy atom. The maximum atomic E-state index is 12.3. The Kier molecular flexibility index (Phi) is 5.61. The summed E-state index contributed by atoms with van der Waals surface area (Å²) in [5.74, 6) is 0.482. The number of nitrogens with two attached hydrogens (primary N) is 1. The predicted octanol–water partition coefficient (Wildman–Crippen LogP) is 1.11. The Balaban J connectivity index is 2.31. The van der Waals surface area contributed by atoms with Gasteiger partial charge in [-0.1, -0.05) is 18.5 Å². The third kappa shape index (κ3) is 3.39. The molecule has 0 spiro atoms. The van der Waals surface area contributed by atoms with Crippen LogP contribution in [0.3, 0.4) is 0 Å². The highest BCUT2D eigenvalue weighted by atomic mass is 35.5. The van der Waals surface area contributed by atoms with Gasteiger partial charge in [0.1, 0.15) is 5.02 Å². The molecule has 1 aromatic heterocycles. The summed E-state index contributed by atoms with van der Waals surface area (Å²) in [6.45, 7) is 4.41. The maximum Gasteiger partial charge on any atom is 0.287 e. The molecule has 0 saturated carbocycles. The largest absolute Gasteiger partial charge is 0.383 e. The zero-order chi connectivity index (χ0) is 15.4. The number of hydrogen-bond acceptors (Lipinski definition) is 5. The molecule has 0 amide bonds. The van der Waals surface area contributed by atoms with E-state index in [1.54, 1.807) is 13.3 Å². The molecule has 2 N–H and O–H groups in total. The van der Waals surface area contributed by atoms with Gasteiger partial charge in [-0.3, -0.25) is 4.79 Å². The molecule has 1 saturated heterocycles. The standard InChI is InChI=1S/C14H23ClN4O2/c1-10-4-3-5-18(11(10)8-16)12-9-17-19(6-7-21-2)14(20)13(12)15/h9-11H,3-8,16H2,1-2H3. The average molecular weight is 315 g/mol. The van der Waals surface area contributed by atoms with E-state index in [4.69, 9.17) is 22.1 Å². The average Bonchev–Trinajstić information content (AvgIpc) is 2.48. The monoisotopic (exact) mass is 314 g/mol. The fraction of sp³-hybridized carbons (Fsp3) is 0.714. The van der Waals surface area contributed by atoms with Gasteiger partial charge in [-0.15, -0.1) is 0 Å². The summed E-state index contributed by atoms with van der Waals surface area (Å²) >= 11 is 6.28. The highest BCUT2D eigenvalue weighted by Gasteiger charge is 2.29. The van der Waals surface area contributed by atoms with Gasteiger partial charge in [0.25, 0.3) is 5.56 Å². The molecule has 1 aliphatic rings. The zero-order valence-electron chi connectivity index (χ0n) is 12.6. The van der Waals surface area contributed by atoms with Crippen molar-refractivity contribution in [1.82, 2.24) is 9.78 Å². The number of halogens is 1. The molecule has 2 heterocycles. The van der Waals surface area contributed by atoms with E-state index in [1.165, 1.54) is 4.68 Å². The molecule has 7 heteroatoms. The lowest BCUT2D eigenvalue weighted by atomic mass is 9.90. The molecule has 0 radical (unpaired) electrons. The normalized spacial score (nSPS) is 22.6. The van der Waals surface area contributed by atoms with Gasteiger partial charge in [0.2, 0.25) is 0 Å². The van der Waals surface area contributed by atoms with E-state index in [9.17, 15) is 4.79 Å². The molecular weight excluding hydrogens is 292 g/mol. The van der Waals surface area contributed by atoms with Crippen LogP contribution in [0.25, 0.3) is 0 Å². The van der Waals surface area contributed by atoms with Gasteiger partial charge in [-0.05, 0) is 18.8 Å². The molecule has 2 rings (SSSR count). The van der Waals surface area contributed by atoms with Crippen molar-refractivity contribution in [2.24, 2.45) is 11.7 Å². The van der Waals surface area contributed by atoms with Gasteiger partial charge in [-0.2, -0.15) is 5.10 Å². The number of hydrogen-bond donors (Lipinski definition) is 1. The Morgan fingerprint density at radius 1 is 1.57 bits per heavy atom. The molecule has 118 valence electrons. The van der Waals surface area contributed by atoms with Crippen LogP contribution in [0, 0.1) is 5.92 Å². The highest BCUT2D eigenvalue weighted by molar-refractivity contribution is 6.33. The minimum Gasteiger partial charge on any atom is -0.383 e. The summed E-state index contributed by atoms with van der Waals surface area (Å²) in [4.78, 5) is 14.4. The molecule has 2 atom stereocenters. The quantitative estimate of drug-likeness (QED) is 0.881. The Labute approximate surface area is 129 Å². The van der Waals surface area contributed by atoms with Crippen molar-refractivity contribution in [3.05, 3.63) is 21.6 Å². The second-order valence-corrected chi connectivity index (χ2v) is 5.86. The van der Waals surface area contributed by atoms with Crippen LogP contribution in [0.2, 0.25) is 5.02 Å². The lowest BCUT2D eigenvalue weighted by molar-refractivity contribution is 0.182. The van der Waals surface area contributed by atoms with Crippen molar-refractivity contribution in [1.29, 1.82) is 0 Å². The predicted molar refractivity (Wildman–Crippen MR) is 84.0 cm³/mol. The first-order valence-corrected chi connectivity index (χ1v) is 7.69. The number of piperidine rings is 1. The van der Waals surface area contributed by atoms with E-state index in [0.29, 0.717) is 31.3 Å². The first-order valence-electron chi connectivity index (χ1n) is 7.31. The molecule has 0 bridgehead atoms. The van der Waals surface area contributed by atoms with Crippen LogP contribution in [0.5, 0.6) is 0 Å². The number of aromatic nitrogens is 2. The minimum atomic E-state index is -0.278. The van der Waals surface area contributed by atoms with Crippen LogP contribution in [0.4, 0.5) is 5.69 Å². The van der Waals surface area contributed by atoms with Gasteiger partial charge < -0.3 is 15.4 Å². The van der Waals surface area contributed by atoms with E-state index in [0.717, 1.165) is 19.4 Å². The number of rotatable bonds is 5. The van der Waals surface area contributed by atoms with Crippen molar-refractivity contribution in [2.45, 2.75) is 32.4 Å². The van der Waals surface area contributed by atoms with Gasteiger partial charge in [-0.25, -0.2) is 4.68 Å². The number of ether oxygens (including phenoxy) is 1. The smallest absolute Gasteiger partial charge is 0.287 e. The van der Waals surface area contributed by atoms with Crippen LogP contribution in [-0.2, 0) is 11.3 Å². The molecule has 0 aliphatic carbocycles. The van der Waals surface area contributed by atoms with Crippen LogP contribution in [0.15, 0.2) is 11.0 Å². The first kappa shape index (κ1) is 16.3. The fourth-order valence-corrected chi connectivity index (χ4v) is 3.16. The van der Waals surface area contributed by atoms with E-state index in [2.05, 4.69) is 16.9 Å². The second-order valence-electron chi connectivity index (χ2n) is 5.48. The third-order valence-corrected chi connectivity index (χ3v) is 4.50. The topological polar surface area (TPSA) is 73.4 Å². The number of nitrogens with zero attached hydrogens (tertiary/aromatic N) is 3.